The van der Waals surface area contributed by atoms with Gasteiger partial charge in [-0.2, -0.15) is 0 Å². The molecule has 2 atom stereocenters. The quantitative estimate of drug-likeness (QED) is 0.753. The van der Waals surface area contributed by atoms with Gasteiger partial charge in [-0.15, -0.1) is 0 Å². The molecule has 0 bridgehead atoms. The number of hydrogen-bond donors (Lipinski definition) is 2. The van der Waals surface area contributed by atoms with Crippen molar-refractivity contribution in [1.29, 1.82) is 0 Å². The highest BCUT2D eigenvalue weighted by Gasteiger charge is 2.29. The summed E-state index contributed by atoms with van der Waals surface area (Å²) in [4.78, 5) is 24.8. The summed E-state index contributed by atoms with van der Waals surface area (Å²) in [5, 5.41) is 3.45. The van der Waals surface area contributed by atoms with Crippen molar-refractivity contribution in [3.8, 4) is 0 Å². The summed E-state index contributed by atoms with van der Waals surface area (Å²) in [6.45, 7) is 2.28. The maximum Gasteiger partial charge on any atom is 0.222 e. The Kier molecular flexibility index (Phi) is 4.58. The standard InChI is InChI=1S/C13H23N3O2/c14-13(18)10-6-8-16(9-10)12(17)5-4-11-3-1-2-7-15-11/h10-11,15H,1-9H2,(H2,14,18). The molecule has 0 saturated carbocycles. The molecule has 2 saturated heterocycles. The number of primary amides is 1. The molecule has 3 N–H and O–H groups in total. The Morgan fingerprint density at radius 2 is 2.11 bits per heavy atom. The Bertz CT molecular complexity index is 313. The van der Waals surface area contributed by atoms with Gasteiger partial charge in [0.25, 0.3) is 0 Å². The van der Waals surface area contributed by atoms with E-state index < -0.39 is 0 Å². The van der Waals surface area contributed by atoms with Gasteiger partial charge in [0.1, 0.15) is 0 Å². The molecule has 0 aromatic rings. The number of carbonyl (C=O) groups is 2. The zero-order valence-electron chi connectivity index (χ0n) is 10.9. The van der Waals surface area contributed by atoms with E-state index in [2.05, 4.69) is 5.32 Å². The van der Waals surface area contributed by atoms with Crippen LogP contribution in [0.25, 0.3) is 0 Å². The highest BCUT2D eigenvalue weighted by atomic mass is 16.2. The molecule has 0 aromatic carbocycles. The van der Waals surface area contributed by atoms with Gasteiger partial charge in [0.15, 0.2) is 0 Å². The lowest BCUT2D eigenvalue weighted by molar-refractivity contribution is -0.130. The molecule has 18 heavy (non-hydrogen) atoms. The zero-order valence-corrected chi connectivity index (χ0v) is 10.9. The molecule has 2 aliphatic heterocycles. The molecule has 2 rings (SSSR count). The van der Waals surface area contributed by atoms with Gasteiger partial charge in [-0.05, 0) is 32.2 Å². The van der Waals surface area contributed by atoms with Crippen molar-refractivity contribution in [2.75, 3.05) is 19.6 Å². The fourth-order valence-corrected chi connectivity index (χ4v) is 2.85. The molecule has 5 heteroatoms. The molecule has 102 valence electrons. The maximum absolute atomic E-state index is 12.0. The smallest absolute Gasteiger partial charge is 0.222 e. The summed E-state index contributed by atoms with van der Waals surface area (Å²) in [7, 11) is 0. The molecule has 2 amide bonds. The van der Waals surface area contributed by atoms with Crippen LogP contribution in [0, 0.1) is 5.92 Å². The number of likely N-dealkylation sites (tertiary alicyclic amines) is 1. The molecular formula is C13H23N3O2. The van der Waals surface area contributed by atoms with Crippen LogP contribution >= 0.6 is 0 Å². The summed E-state index contributed by atoms with van der Waals surface area (Å²) in [6.07, 6.45) is 5.91. The summed E-state index contributed by atoms with van der Waals surface area (Å²) in [5.41, 5.74) is 5.26. The molecule has 2 unspecified atom stereocenters. The van der Waals surface area contributed by atoms with Gasteiger partial charge in [0.05, 0.1) is 5.92 Å². The Hall–Kier alpha value is -1.10. The lowest BCUT2D eigenvalue weighted by Crippen LogP contribution is -2.36. The molecule has 2 aliphatic rings. The van der Waals surface area contributed by atoms with Crippen molar-refractivity contribution in [2.24, 2.45) is 11.7 Å². The van der Waals surface area contributed by atoms with Crippen LogP contribution < -0.4 is 11.1 Å². The van der Waals surface area contributed by atoms with E-state index >= 15 is 0 Å². The number of hydrogen-bond acceptors (Lipinski definition) is 3. The summed E-state index contributed by atoms with van der Waals surface area (Å²) < 4.78 is 0. The van der Waals surface area contributed by atoms with Gasteiger partial charge < -0.3 is 16.0 Å². The van der Waals surface area contributed by atoms with E-state index in [-0.39, 0.29) is 17.7 Å². The van der Waals surface area contributed by atoms with Crippen molar-refractivity contribution in [3.63, 3.8) is 0 Å². The van der Waals surface area contributed by atoms with Crippen LogP contribution in [0.5, 0.6) is 0 Å². The zero-order chi connectivity index (χ0) is 13.0. The number of amides is 2. The molecule has 5 nitrogen and oxygen atoms in total. The second-order valence-electron chi connectivity index (χ2n) is 5.41. The number of nitrogens with two attached hydrogens (primary N) is 1. The lowest BCUT2D eigenvalue weighted by atomic mass is 10.0. The number of carbonyl (C=O) groups excluding carboxylic acids is 2. The first-order chi connectivity index (χ1) is 8.66. The monoisotopic (exact) mass is 253 g/mol. The predicted molar refractivity (Wildman–Crippen MR) is 68.8 cm³/mol. The van der Waals surface area contributed by atoms with E-state index in [1.807, 2.05) is 0 Å². The van der Waals surface area contributed by atoms with Crippen molar-refractivity contribution in [2.45, 2.75) is 44.6 Å². The number of nitrogens with one attached hydrogen (secondary N) is 1. The number of rotatable bonds is 4. The van der Waals surface area contributed by atoms with Crippen LogP contribution in [0.1, 0.15) is 38.5 Å². The van der Waals surface area contributed by atoms with Gasteiger partial charge in [0.2, 0.25) is 11.8 Å². The van der Waals surface area contributed by atoms with Crippen LogP contribution in [-0.4, -0.2) is 42.4 Å². The Balaban J connectivity index is 1.70. The average molecular weight is 253 g/mol. The van der Waals surface area contributed by atoms with E-state index in [1.165, 1.54) is 19.3 Å². The van der Waals surface area contributed by atoms with E-state index in [4.69, 9.17) is 5.73 Å². The Labute approximate surface area is 108 Å². The number of piperidine rings is 1. The van der Waals surface area contributed by atoms with E-state index in [0.29, 0.717) is 25.6 Å². The fourth-order valence-electron chi connectivity index (χ4n) is 2.85. The van der Waals surface area contributed by atoms with Crippen molar-refractivity contribution in [1.82, 2.24) is 10.2 Å². The van der Waals surface area contributed by atoms with E-state index in [9.17, 15) is 9.59 Å². The van der Waals surface area contributed by atoms with Crippen LogP contribution in [0.2, 0.25) is 0 Å². The highest BCUT2D eigenvalue weighted by Crippen LogP contribution is 2.18. The Morgan fingerprint density at radius 1 is 1.28 bits per heavy atom. The topological polar surface area (TPSA) is 75.4 Å². The molecule has 0 aliphatic carbocycles. The Morgan fingerprint density at radius 3 is 2.72 bits per heavy atom. The lowest BCUT2D eigenvalue weighted by Gasteiger charge is -2.24. The third kappa shape index (κ3) is 3.45. The second-order valence-corrected chi connectivity index (χ2v) is 5.41. The third-order valence-electron chi connectivity index (χ3n) is 4.06. The van der Waals surface area contributed by atoms with Crippen LogP contribution in [0.4, 0.5) is 0 Å². The van der Waals surface area contributed by atoms with Crippen molar-refractivity contribution >= 4 is 11.8 Å². The maximum atomic E-state index is 12.0. The minimum Gasteiger partial charge on any atom is -0.369 e. The molecule has 0 aromatic heterocycles. The van der Waals surface area contributed by atoms with Gasteiger partial charge in [-0.25, -0.2) is 0 Å². The van der Waals surface area contributed by atoms with E-state index in [1.54, 1.807) is 4.90 Å². The first kappa shape index (κ1) is 13.3. The van der Waals surface area contributed by atoms with Crippen molar-refractivity contribution in [3.05, 3.63) is 0 Å². The average Bonchev–Trinajstić information content (AvgIpc) is 2.87. The molecule has 2 heterocycles. The fraction of sp³-hybridized carbons (Fsp3) is 0.846. The minimum atomic E-state index is -0.278. The summed E-state index contributed by atoms with van der Waals surface area (Å²) in [5.74, 6) is -0.243. The van der Waals surface area contributed by atoms with Gasteiger partial charge in [-0.3, -0.25) is 9.59 Å². The first-order valence-electron chi connectivity index (χ1n) is 6.97. The second kappa shape index (κ2) is 6.18. The van der Waals surface area contributed by atoms with Gasteiger partial charge in [0, 0.05) is 25.6 Å². The molecular weight excluding hydrogens is 230 g/mol. The van der Waals surface area contributed by atoms with Crippen LogP contribution in [-0.2, 0) is 9.59 Å². The molecule has 0 spiro atoms. The van der Waals surface area contributed by atoms with Crippen LogP contribution in [0.15, 0.2) is 0 Å². The number of nitrogens with zero attached hydrogens (tertiary/aromatic N) is 1. The summed E-state index contributed by atoms with van der Waals surface area (Å²) >= 11 is 0. The summed E-state index contributed by atoms with van der Waals surface area (Å²) in [6, 6.07) is 0.497. The molecule has 0 radical (unpaired) electrons. The SMILES string of the molecule is NC(=O)C1CCN(C(=O)CCC2CCCCN2)C1. The third-order valence-corrected chi connectivity index (χ3v) is 4.06. The normalized spacial score (nSPS) is 28.3. The first-order valence-corrected chi connectivity index (χ1v) is 6.97. The largest absolute Gasteiger partial charge is 0.369 e. The predicted octanol–water partition coefficient (Wildman–Crippen LogP) is 0.242. The minimum absolute atomic E-state index is 0.137. The van der Waals surface area contributed by atoms with Gasteiger partial charge >= 0.3 is 0 Å². The highest BCUT2D eigenvalue weighted by molar-refractivity contribution is 5.81. The van der Waals surface area contributed by atoms with E-state index in [0.717, 1.165) is 19.4 Å². The van der Waals surface area contributed by atoms with Gasteiger partial charge in [-0.1, -0.05) is 6.42 Å². The molecule has 2 fully saturated rings. The van der Waals surface area contributed by atoms with Crippen LogP contribution in [0.3, 0.4) is 0 Å². The van der Waals surface area contributed by atoms with Crippen molar-refractivity contribution < 1.29 is 9.59 Å².